The maximum absolute atomic E-state index is 11.5. The van der Waals surface area contributed by atoms with Crippen LogP contribution in [0.1, 0.15) is 24.7 Å². The van der Waals surface area contributed by atoms with Gasteiger partial charge in [0.25, 0.3) is 0 Å². The third-order valence-corrected chi connectivity index (χ3v) is 3.51. The topological polar surface area (TPSA) is 78.9 Å². The van der Waals surface area contributed by atoms with Gasteiger partial charge in [-0.05, 0) is 30.9 Å². The maximum Gasteiger partial charge on any atom is 0.327 e. The molecule has 1 atom stereocenters. The van der Waals surface area contributed by atoms with E-state index < -0.39 is 12.0 Å². The smallest absolute Gasteiger partial charge is 0.327 e. The SMILES string of the molecule is N#CCc1nc2ccccc2n1C(C(=O)O)C1CC1. The van der Waals surface area contributed by atoms with Gasteiger partial charge in [-0.2, -0.15) is 5.26 Å². The third kappa shape index (κ3) is 1.95. The fourth-order valence-corrected chi connectivity index (χ4v) is 2.54. The molecule has 0 spiro atoms. The number of carbonyl (C=O) groups is 1. The van der Waals surface area contributed by atoms with E-state index in [0.29, 0.717) is 5.82 Å². The van der Waals surface area contributed by atoms with Crippen molar-refractivity contribution in [2.45, 2.75) is 25.3 Å². The largest absolute Gasteiger partial charge is 0.480 e. The molecule has 1 aromatic heterocycles. The Balaban J connectivity index is 2.21. The van der Waals surface area contributed by atoms with Crippen molar-refractivity contribution < 1.29 is 9.90 Å². The minimum atomic E-state index is -0.843. The highest BCUT2D eigenvalue weighted by molar-refractivity contribution is 5.81. The van der Waals surface area contributed by atoms with Crippen molar-refractivity contribution in [3.63, 3.8) is 0 Å². The summed E-state index contributed by atoms with van der Waals surface area (Å²) >= 11 is 0. The second-order valence-corrected chi connectivity index (χ2v) is 4.84. The normalized spacial score (nSPS) is 16.2. The highest BCUT2D eigenvalue weighted by Crippen LogP contribution is 2.41. The van der Waals surface area contributed by atoms with E-state index in [0.717, 1.165) is 23.9 Å². The Kier molecular flexibility index (Phi) is 2.71. The fourth-order valence-electron chi connectivity index (χ4n) is 2.54. The zero-order valence-electron chi connectivity index (χ0n) is 10.3. The van der Waals surface area contributed by atoms with E-state index in [1.165, 1.54) is 0 Å². The Labute approximate surface area is 110 Å². The van der Waals surface area contributed by atoms with Crippen molar-refractivity contribution in [2.75, 3.05) is 0 Å². The van der Waals surface area contributed by atoms with Crippen molar-refractivity contribution in [1.29, 1.82) is 5.26 Å². The van der Waals surface area contributed by atoms with Gasteiger partial charge in [0.1, 0.15) is 11.9 Å². The average Bonchev–Trinajstić information content (AvgIpc) is 3.14. The van der Waals surface area contributed by atoms with Crippen molar-refractivity contribution in [2.24, 2.45) is 5.92 Å². The molecule has 2 aromatic rings. The van der Waals surface area contributed by atoms with E-state index in [2.05, 4.69) is 11.1 Å². The maximum atomic E-state index is 11.5. The summed E-state index contributed by atoms with van der Waals surface area (Å²) < 4.78 is 1.73. The molecule has 0 saturated heterocycles. The lowest BCUT2D eigenvalue weighted by Gasteiger charge is -2.16. The molecule has 0 radical (unpaired) electrons. The van der Waals surface area contributed by atoms with Crippen molar-refractivity contribution >= 4 is 17.0 Å². The van der Waals surface area contributed by atoms with E-state index in [9.17, 15) is 9.90 Å². The molecule has 5 heteroatoms. The van der Waals surface area contributed by atoms with Crippen LogP contribution in [0.5, 0.6) is 0 Å². The van der Waals surface area contributed by atoms with Gasteiger partial charge in [-0.3, -0.25) is 0 Å². The van der Waals surface area contributed by atoms with Gasteiger partial charge < -0.3 is 9.67 Å². The summed E-state index contributed by atoms with van der Waals surface area (Å²) in [4.78, 5) is 15.9. The first-order chi connectivity index (χ1) is 9.22. The van der Waals surface area contributed by atoms with Gasteiger partial charge in [-0.25, -0.2) is 9.78 Å². The summed E-state index contributed by atoms with van der Waals surface area (Å²) in [7, 11) is 0. The minimum absolute atomic E-state index is 0.130. The molecule has 1 aromatic carbocycles. The summed E-state index contributed by atoms with van der Waals surface area (Å²) in [6.45, 7) is 0. The number of carboxylic acid groups (broad SMARTS) is 1. The zero-order chi connectivity index (χ0) is 13.4. The lowest BCUT2D eigenvalue weighted by molar-refractivity contribution is -0.141. The number of rotatable bonds is 4. The lowest BCUT2D eigenvalue weighted by Crippen LogP contribution is -2.22. The zero-order valence-corrected chi connectivity index (χ0v) is 10.3. The average molecular weight is 255 g/mol. The number of nitrogens with zero attached hydrogens (tertiary/aromatic N) is 3. The van der Waals surface area contributed by atoms with Gasteiger partial charge in [-0.1, -0.05) is 12.1 Å². The van der Waals surface area contributed by atoms with E-state index in [1.807, 2.05) is 24.3 Å². The summed E-state index contributed by atoms with van der Waals surface area (Å²) in [6, 6.07) is 8.90. The molecular formula is C14H13N3O2. The molecule has 5 nitrogen and oxygen atoms in total. The molecule has 1 aliphatic rings. The first kappa shape index (κ1) is 11.7. The van der Waals surface area contributed by atoms with Crippen LogP contribution in [0, 0.1) is 17.2 Å². The second-order valence-electron chi connectivity index (χ2n) is 4.84. The molecule has 1 fully saturated rings. The Hall–Kier alpha value is -2.35. The van der Waals surface area contributed by atoms with Crippen molar-refractivity contribution in [1.82, 2.24) is 9.55 Å². The fraction of sp³-hybridized carbons (Fsp3) is 0.357. The number of aliphatic carboxylic acids is 1. The molecular weight excluding hydrogens is 242 g/mol. The molecule has 1 heterocycles. The number of imidazole rings is 1. The van der Waals surface area contributed by atoms with Gasteiger partial charge in [0.2, 0.25) is 0 Å². The van der Waals surface area contributed by atoms with Crippen LogP contribution >= 0.6 is 0 Å². The number of hydrogen-bond acceptors (Lipinski definition) is 3. The molecule has 1 aliphatic carbocycles. The van der Waals surface area contributed by atoms with Crippen LogP contribution in [0.25, 0.3) is 11.0 Å². The van der Waals surface area contributed by atoms with Crippen LogP contribution < -0.4 is 0 Å². The van der Waals surface area contributed by atoms with E-state index >= 15 is 0 Å². The molecule has 3 rings (SSSR count). The quantitative estimate of drug-likeness (QED) is 0.907. The number of benzene rings is 1. The van der Waals surface area contributed by atoms with Crippen LogP contribution in [0.4, 0.5) is 0 Å². The Morgan fingerprint density at radius 1 is 1.53 bits per heavy atom. The molecule has 1 saturated carbocycles. The molecule has 96 valence electrons. The van der Waals surface area contributed by atoms with Gasteiger partial charge in [0.15, 0.2) is 0 Å². The summed E-state index contributed by atoms with van der Waals surface area (Å²) in [6.07, 6.45) is 1.98. The number of para-hydroxylation sites is 2. The minimum Gasteiger partial charge on any atom is -0.480 e. The number of hydrogen-bond donors (Lipinski definition) is 1. The predicted molar refractivity (Wildman–Crippen MR) is 68.4 cm³/mol. The number of aromatic nitrogens is 2. The molecule has 1 unspecified atom stereocenters. The van der Waals surface area contributed by atoms with E-state index in [-0.39, 0.29) is 12.3 Å². The summed E-state index contributed by atoms with van der Waals surface area (Å²) in [5, 5.41) is 18.4. The van der Waals surface area contributed by atoms with Crippen LogP contribution in [-0.2, 0) is 11.2 Å². The Bertz CT molecular complexity index is 680. The van der Waals surface area contributed by atoms with Crippen LogP contribution in [-0.4, -0.2) is 20.6 Å². The first-order valence-corrected chi connectivity index (χ1v) is 6.28. The number of nitriles is 1. The first-order valence-electron chi connectivity index (χ1n) is 6.28. The van der Waals surface area contributed by atoms with Gasteiger partial charge in [0.05, 0.1) is 23.5 Å². The van der Waals surface area contributed by atoms with Crippen molar-refractivity contribution in [3.8, 4) is 6.07 Å². The molecule has 0 bridgehead atoms. The molecule has 1 N–H and O–H groups in total. The molecule has 0 amide bonds. The summed E-state index contributed by atoms with van der Waals surface area (Å²) in [5.41, 5.74) is 1.55. The Morgan fingerprint density at radius 3 is 2.89 bits per heavy atom. The number of fused-ring (bicyclic) bond motifs is 1. The predicted octanol–water partition coefficient (Wildman–Crippen LogP) is 2.14. The van der Waals surface area contributed by atoms with Gasteiger partial charge in [0, 0.05) is 0 Å². The van der Waals surface area contributed by atoms with Crippen LogP contribution in [0.3, 0.4) is 0 Å². The van der Waals surface area contributed by atoms with Gasteiger partial charge >= 0.3 is 5.97 Å². The van der Waals surface area contributed by atoms with E-state index in [4.69, 9.17) is 5.26 Å². The summed E-state index contributed by atoms with van der Waals surface area (Å²) in [5.74, 6) is -0.139. The van der Waals surface area contributed by atoms with Crippen molar-refractivity contribution in [3.05, 3.63) is 30.1 Å². The lowest BCUT2D eigenvalue weighted by atomic mass is 10.1. The van der Waals surface area contributed by atoms with Crippen LogP contribution in [0.15, 0.2) is 24.3 Å². The highest BCUT2D eigenvalue weighted by atomic mass is 16.4. The van der Waals surface area contributed by atoms with Crippen LogP contribution in [0.2, 0.25) is 0 Å². The standard InChI is InChI=1S/C14H13N3O2/c15-8-7-12-16-10-3-1-2-4-11(10)17(12)13(14(18)19)9-5-6-9/h1-4,9,13H,5-7H2,(H,18,19). The monoisotopic (exact) mass is 255 g/mol. The second kappa shape index (κ2) is 4.39. The van der Waals surface area contributed by atoms with Gasteiger partial charge in [-0.15, -0.1) is 0 Å². The number of carboxylic acids is 1. The molecule has 19 heavy (non-hydrogen) atoms. The Morgan fingerprint density at radius 2 is 2.26 bits per heavy atom. The third-order valence-electron chi connectivity index (χ3n) is 3.51. The molecule has 0 aliphatic heterocycles. The highest BCUT2D eigenvalue weighted by Gasteiger charge is 2.39. The van der Waals surface area contributed by atoms with E-state index in [1.54, 1.807) is 4.57 Å².